The molecule has 0 radical (unpaired) electrons. The molecule has 0 atom stereocenters. The highest BCUT2D eigenvalue weighted by Gasteiger charge is 2.29. The molecule has 2 heterocycles. The highest BCUT2D eigenvalue weighted by molar-refractivity contribution is 7.99. The molecule has 1 amide bonds. The third-order valence-corrected chi connectivity index (χ3v) is 5.71. The van der Waals surface area contributed by atoms with Gasteiger partial charge in [0.15, 0.2) is 5.16 Å². The summed E-state index contributed by atoms with van der Waals surface area (Å²) >= 11 is 1.35. The molecule has 1 aromatic carbocycles. The van der Waals surface area contributed by atoms with Crippen LogP contribution in [0.5, 0.6) is 0 Å². The van der Waals surface area contributed by atoms with Crippen molar-refractivity contribution in [3.8, 4) is 5.69 Å². The predicted molar refractivity (Wildman–Crippen MR) is 110 cm³/mol. The van der Waals surface area contributed by atoms with E-state index >= 15 is 0 Å². The minimum Gasteiger partial charge on any atom is -0.368 e. The molecule has 1 fully saturated rings. The van der Waals surface area contributed by atoms with Gasteiger partial charge in [-0.05, 0) is 45.7 Å². The Bertz CT molecular complexity index is 1020. The number of amides is 1. The second-order valence-corrected chi connectivity index (χ2v) is 8.01. The molecule has 1 aliphatic carbocycles. The second-order valence-electron chi connectivity index (χ2n) is 7.07. The Hall–Kier alpha value is -2.81. The molecule has 0 spiro atoms. The average Bonchev–Trinajstić information content (AvgIpc) is 3.39. The topological polar surface area (TPSA) is 104 Å². The van der Waals surface area contributed by atoms with Crippen LogP contribution in [0, 0.1) is 20.8 Å². The lowest BCUT2D eigenvalue weighted by molar-refractivity contribution is -0.113. The van der Waals surface area contributed by atoms with Gasteiger partial charge in [0, 0.05) is 6.04 Å². The number of anilines is 2. The lowest BCUT2D eigenvalue weighted by atomic mass is 10.2. The summed E-state index contributed by atoms with van der Waals surface area (Å²) in [7, 11) is 0. The van der Waals surface area contributed by atoms with Gasteiger partial charge >= 0.3 is 0 Å². The first-order valence-electron chi connectivity index (χ1n) is 9.20. The van der Waals surface area contributed by atoms with Gasteiger partial charge in [-0.25, -0.2) is 4.68 Å². The quantitative estimate of drug-likeness (QED) is 0.620. The number of benzene rings is 1. The number of hydrogen-bond acceptors (Lipinski definition) is 6. The van der Waals surface area contributed by atoms with E-state index in [1.165, 1.54) is 17.3 Å². The zero-order valence-corrected chi connectivity index (χ0v) is 17.0. The average molecular weight is 398 g/mol. The molecule has 146 valence electrons. The Labute approximate surface area is 167 Å². The van der Waals surface area contributed by atoms with E-state index in [0.29, 0.717) is 17.1 Å². The van der Waals surface area contributed by atoms with Crippen LogP contribution in [0.3, 0.4) is 0 Å². The largest absolute Gasteiger partial charge is 0.368 e. The van der Waals surface area contributed by atoms with Gasteiger partial charge in [0.2, 0.25) is 11.9 Å². The third kappa shape index (κ3) is 3.62. The zero-order valence-electron chi connectivity index (χ0n) is 16.1. The Balaban J connectivity index is 1.45. The van der Waals surface area contributed by atoms with E-state index in [1.54, 1.807) is 0 Å². The molecule has 0 saturated heterocycles. The van der Waals surface area contributed by atoms with E-state index in [0.717, 1.165) is 35.6 Å². The number of nitrogen functional groups attached to an aromatic ring is 1. The van der Waals surface area contributed by atoms with Crippen molar-refractivity contribution in [2.45, 2.75) is 44.8 Å². The van der Waals surface area contributed by atoms with Gasteiger partial charge in [0.05, 0.1) is 28.5 Å². The molecule has 0 aliphatic heterocycles. The van der Waals surface area contributed by atoms with Gasteiger partial charge in [0.1, 0.15) is 0 Å². The Morgan fingerprint density at radius 3 is 2.61 bits per heavy atom. The molecule has 9 heteroatoms. The summed E-state index contributed by atoms with van der Waals surface area (Å²) in [6, 6.07) is 8.50. The van der Waals surface area contributed by atoms with E-state index in [1.807, 2.05) is 54.3 Å². The van der Waals surface area contributed by atoms with Crippen LogP contribution < -0.4 is 11.1 Å². The van der Waals surface area contributed by atoms with Crippen LogP contribution in [0.15, 0.2) is 29.4 Å². The molecule has 3 N–H and O–H groups in total. The molecule has 2 aromatic heterocycles. The molecular weight excluding hydrogens is 374 g/mol. The van der Waals surface area contributed by atoms with Crippen molar-refractivity contribution in [2.24, 2.45) is 0 Å². The van der Waals surface area contributed by atoms with E-state index in [9.17, 15) is 4.79 Å². The number of aryl methyl sites for hydroxylation is 2. The number of carbonyl (C=O) groups excluding carboxylic acids is 1. The number of nitrogens with one attached hydrogen (secondary N) is 1. The molecule has 28 heavy (non-hydrogen) atoms. The summed E-state index contributed by atoms with van der Waals surface area (Å²) in [5.41, 5.74) is 10.5. The van der Waals surface area contributed by atoms with E-state index in [2.05, 4.69) is 20.6 Å². The predicted octanol–water partition coefficient (Wildman–Crippen LogP) is 3.04. The van der Waals surface area contributed by atoms with Crippen LogP contribution in [-0.2, 0) is 4.79 Å². The first-order chi connectivity index (χ1) is 13.4. The van der Waals surface area contributed by atoms with Crippen LogP contribution >= 0.6 is 11.8 Å². The minimum atomic E-state index is -0.108. The summed E-state index contributed by atoms with van der Waals surface area (Å²) in [5.74, 6) is 0.541. The normalized spacial score (nSPS) is 13.7. The van der Waals surface area contributed by atoms with Gasteiger partial charge < -0.3 is 11.1 Å². The number of carbonyl (C=O) groups is 1. The van der Waals surface area contributed by atoms with Gasteiger partial charge in [0.25, 0.3) is 0 Å². The van der Waals surface area contributed by atoms with Crippen LogP contribution in [0.25, 0.3) is 5.69 Å². The summed E-state index contributed by atoms with van der Waals surface area (Å²) in [4.78, 5) is 12.5. The fourth-order valence-corrected chi connectivity index (χ4v) is 3.94. The zero-order chi connectivity index (χ0) is 19.8. The van der Waals surface area contributed by atoms with Gasteiger partial charge in [-0.3, -0.25) is 9.36 Å². The summed E-state index contributed by atoms with van der Waals surface area (Å²) in [5, 5.41) is 16.3. The molecule has 4 rings (SSSR count). The van der Waals surface area contributed by atoms with Crippen molar-refractivity contribution in [1.29, 1.82) is 0 Å². The highest BCUT2D eigenvalue weighted by atomic mass is 32.2. The Kier molecular flexibility index (Phi) is 4.84. The van der Waals surface area contributed by atoms with E-state index in [-0.39, 0.29) is 11.7 Å². The molecule has 0 unspecified atom stereocenters. The van der Waals surface area contributed by atoms with Crippen molar-refractivity contribution in [1.82, 2.24) is 24.5 Å². The van der Waals surface area contributed by atoms with Crippen molar-refractivity contribution in [3.63, 3.8) is 0 Å². The standard InChI is InChI=1S/C19H23N7OS/c1-11-4-6-15(7-5-11)26-13(3)17(12(2)24-26)21-16(27)10-28-19-23-22-18(20)25(19)14-8-9-14/h4-7,14H,8-10H2,1-3H3,(H2,20,22)(H,21,27). The van der Waals surface area contributed by atoms with Gasteiger partial charge in [-0.1, -0.05) is 29.5 Å². The second kappa shape index (κ2) is 7.31. The Morgan fingerprint density at radius 1 is 1.21 bits per heavy atom. The Morgan fingerprint density at radius 2 is 1.93 bits per heavy atom. The molecule has 3 aromatic rings. The SMILES string of the molecule is Cc1ccc(-n2nc(C)c(NC(=O)CSc3nnc(N)n3C3CC3)c2C)cc1. The fourth-order valence-electron chi connectivity index (χ4n) is 3.13. The summed E-state index contributed by atoms with van der Waals surface area (Å²) in [6.45, 7) is 5.89. The van der Waals surface area contributed by atoms with E-state index in [4.69, 9.17) is 5.73 Å². The highest BCUT2D eigenvalue weighted by Crippen LogP contribution is 2.39. The lowest BCUT2D eigenvalue weighted by Crippen LogP contribution is -2.16. The number of aromatic nitrogens is 5. The smallest absolute Gasteiger partial charge is 0.234 e. The van der Waals surface area contributed by atoms with Crippen LogP contribution in [-0.4, -0.2) is 36.2 Å². The molecular formula is C19H23N7OS. The van der Waals surface area contributed by atoms with Crippen LogP contribution in [0.4, 0.5) is 11.6 Å². The van der Waals surface area contributed by atoms with Gasteiger partial charge in [-0.2, -0.15) is 5.10 Å². The number of rotatable bonds is 6. The molecule has 1 saturated carbocycles. The third-order valence-electron chi connectivity index (χ3n) is 4.77. The molecule has 0 bridgehead atoms. The summed E-state index contributed by atoms with van der Waals surface area (Å²) < 4.78 is 3.77. The number of nitrogens with two attached hydrogens (primary N) is 1. The number of nitrogens with zero attached hydrogens (tertiary/aromatic N) is 5. The minimum absolute atomic E-state index is 0.108. The van der Waals surface area contributed by atoms with E-state index < -0.39 is 0 Å². The maximum absolute atomic E-state index is 12.5. The first kappa shape index (κ1) is 18.5. The van der Waals surface area contributed by atoms with Crippen molar-refractivity contribution in [2.75, 3.05) is 16.8 Å². The van der Waals surface area contributed by atoms with Crippen molar-refractivity contribution in [3.05, 3.63) is 41.2 Å². The number of thioether (sulfide) groups is 1. The van der Waals surface area contributed by atoms with Gasteiger partial charge in [-0.15, -0.1) is 10.2 Å². The molecule has 8 nitrogen and oxygen atoms in total. The van der Waals surface area contributed by atoms with Crippen LogP contribution in [0.1, 0.15) is 35.8 Å². The maximum Gasteiger partial charge on any atom is 0.234 e. The number of hydrogen-bond donors (Lipinski definition) is 2. The lowest BCUT2D eigenvalue weighted by Gasteiger charge is -2.08. The van der Waals surface area contributed by atoms with Crippen molar-refractivity contribution < 1.29 is 4.79 Å². The maximum atomic E-state index is 12.5. The van der Waals surface area contributed by atoms with Crippen LogP contribution in [0.2, 0.25) is 0 Å². The summed E-state index contributed by atoms with van der Waals surface area (Å²) in [6.07, 6.45) is 2.16. The fraction of sp³-hybridized carbons (Fsp3) is 0.368. The first-order valence-corrected chi connectivity index (χ1v) is 10.2. The molecule has 1 aliphatic rings. The monoisotopic (exact) mass is 397 g/mol. The van der Waals surface area contributed by atoms with Crippen molar-refractivity contribution >= 4 is 29.3 Å².